The normalized spacial score (nSPS) is 10.2. The van der Waals surface area contributed by atoms with Crippen molar-refractivity contribution >= 4 is 17.8 Å². The van der Waals surface area contributed by atoms with E-state index in [0.29, 0.717) is 11.3 Å². The molecule has 0 saturated heterocycles. The summed E-state index contributed by atoms with van der Waals surface area (Å²) in [5.41, 5.74) is 3.00. The molecule has 0 aliphatic rings. The number of carbonyl (C=O) groups is 2. The Balaban J connectivity index is 1.90. The van der Waals surface area contributed by atoms with E-state index in [9.17, 15) is 9.59 Å². The molecule has 0 spiro atoms. The smallest absolute Gasteiger partial charge is 0.338 e. The Labute approximate surface area is 122 Å². The second-order valence-electron chi connectivity index (χ2n) is 4.83. The molecule has 0 radical (unpaired) electrons. The van der Waals surface area contributed by atoms with Crippen molar-refractivity contribution in [2.45, 2.75) is 20.8 Å². The molecule has 0 fully saturated rings. The number of rotatable bonds is 4. The van der Waals surface area contributed by atoms with Crippen LogP contribution in [-0.4, -0.2) is 23.6 Å². The van der Waals surface area contributed by atoms with Crippen LogP contribution in [0.5, 0.6) is 0 Å². The molecular weight excluding hydrogens is 272 g/mol. The number of hydrogen-bond donors (Lipinski definition) is 1. The van der Waals surface area contributed by atoms with Crippen molar-refractivity contribution in [3.63, 3.8) is 0 Å². The van der Waals surface area contributed by atoms with Gasteiger partial charge in [-0.05, 0) is 32.9 Å². The average molecular weight is 288 g/mol. The van der Waals surface area contributed by atoms with Gasteiger partial charge in [0.25, 0.3) is 5.91 Å². The van der Waals surface area contributed by atoms with E-state index in [2.05, 4.69) is 10.5 Å². The molecule has 6 heteroatoms. The van der Waals surface area contributed by atoms with Gasteiger partial charge in [0.05, 0.1) is 11.3 Å². The number of hydrogen-bond acceptors (Lipinski definition) is 5. The number of esters is 1. The first kappa shape index (κ1) is 14.8. The molecule has 2 aromatic rings. The van der Waals surface area contributed by atoms with Crippen LogP contribution in [0.1, 0.15) is 27.2 Å². The van der Waals surface area contributed by atoms with Crippen molar-refractivity contribution < 1.29 is 18.8 Å². The highest BCUT2D eigenvalue weighted by molar-refractivity contribution is 5.95. The Hall–Kier alpha value is -2.63. The number of aromatic nitrogens is 1. The van der Waals surface area contributed by atoms with Crippen molar-refractivity contribution in [1.82, 2.24) is 5.16 Å². The molecule has 0 aliphatic carbocycles. The molecule has 0 atom stereocenters. The first-order valence-corrected chi connectivity index (χ1v) is 6.42. The van der Waals surface area contributed by atoms with Gasteiger partial charge in [-0.15, -0.1) is 0 Å². The summed E-state index contributed by atoms with van der Waals surface area (Å²) in [6, 6.07) is 6.96. The second-order valence-corrected chi connectivity index (χ2v) is 4.83. The van der Waals surface area contributed by atoms with Gasteiger partial charge in [0.15, 0.2) is 6.61 Å². The number of amides is 1. The fourth-order valence-electron chi connectivity index (χ4n) is 1.90. The summed E-state index contributed by atoms with van der Waals surface area (Å²) >= 11 is 0. The summed E-state index contributed by atoms with van der Waals surface area (Å²) < 4.78 is 9.80. The molecule has 1 aromatic carbocycles. The van der Waals surface area contributed by atoms with Gasteiger partial charge in [-0.25, -0.2) is 4.79 Å². The molecule has 110 valence electrons. The van der Waals surface area contributed by atoms with Crippen LogP contribution in [0, 0.1) is 20.8 Å². The third kappa shape index (κ3) is 4.17. The molecule has 2 rings (SSSR count). The van der Waals surface area contributed by atoms with Crippen LogP contribution in [0.15, 0.2) is 28.8 Å². The predicted octanol–water partition coefficient (Wildman–Crippen LogP) is 2.40. The Morgan fingerprint density at radius 3 is 2.38 bits per heavy atom. The van der Waals surface area contributed by atoms with Crippen LogP contribution in [0.2, 0.25) is 0 Å². The number of anilines is 1. The first-order valence-electron chi connectivity index (χ1n) is 6.42. The third-order valence-corrected chi connectivity index (χ3v) is 2.68. The van der Waals surface area contributed by atoms with Gasteiger partial charge in [-0.3, -0.25) is 10.1 Å². The van der Waals surface area contributed by atoms with E-state index in [0.717, 1.165) is 11.1 Å². The molecule has 0 aliphatic heterocycles. The number of nitrogens with zero attached hydrogens (tertiary/aromatic N) is 1. The summed E-state index contributed by atoms with van der Waals surface area (Å²) in [6.07, 6.45) is 0. The number of nitrogens with one attached hydrogen (secondary N) is 1. The molecule has 1 N–H and O–H groups in total. The van der Waals surface area contributed by atoms with Gasteiger partial charge in [-0.2, -0.15) is 0 Å². The minimum atomic E-state index is -0.536. The zero-order chi connectivity index (χ0) is 15.4. The number of aryl methyl sites for hydroxylation is 3. The summed E-state index contributed by atoms with van der Waals surface area (Å²) in [6.45, 7) is 5.14. The molecule has 6 nitrogen and oxygen atoms in total. The Bertz CT molecular complexity index is 656. The van der Waals surface area contributed by atoms with Gasteiger partial charge in [-0.1, -0.05) is 22.3 Å². The van der Waals surface area contributed by atoms with Crippen LogP contribution in [-0.2, 0) is 9.53 Å². The van der Waals surface area contributed by atoms with E-state index in [1.54, 1.807) is 25.1 Å². The number of carbonyl (C=O) groups excluding carboxylic acids is 2. The zero-order valence-corrected chi connectivity index (χ0v) is 12.1. The number of ether oxygens (including phenoxy) is 1. The standard InChI is InChI=1S/C15H16N2O4/c1-9-4-10(2)6-12(5-9)15(19)20-8-13(18)16-14-7-11(3)17-21-14/h4-7H,8H2,1-3H3,(H,16,18). The van der Waals surface area contributed by atoms with E-state index in [-0.39, 0.29) is 12.5 Å². The van der Waals surface area contributed by atoms with Crippen molar-refractivity contribution in [1.29, 1.82) is 0 Å². The van der Waals surface area contributed by atoms with Crippen molar-refractivity contribution in [2.24, 2.45) is 0 Å². The fraction of sp³-hybridized carbons (Fsp3) is 0.267. The highest BCUT2D eigenvalue weighted by Gasteiger charge is 2.12. The molecule has 1 amide bonds. The topological polar surface area (TPSA) is 81.4 Å². The molecule has 1 heterocycles. The summed E-state index contributed by atoms with van der Waals surface area (Å²) in [5.74, 6) is -0.797. The Morgan fingerprint density at radius 1 is 1.14 bits per heavy atom. The van der Waals surface area contributed by atoms with Gasteiger partial charge >= 0.3 is 5.97 Å². The molecule has 0 bridgehead atoms. The zero-order valence-electron chi connectivity index (χ0n) is 12.1. The van der Waals surface area contributed by atoms with Gasteiger partial charge in [0.1, 0.15) is 0 Å². The van der Waals surface area contributed by atoms with E-state index < -0.39 is 11.9 Å². The van der Waals surface area contributed by atoms with E-state index >= 15 is 0 Å². The fourth-order valence-corrected chi connectivity index (χ4v) is 1.90. The maximum Gasteiger partial charge on any atom is 0.338 e. The first-order chi connectivity index (χ1) is 9.94. The third-order valence-electron chi connectivity index (χ3n) is 2.68. The SMILES string of the molecule is Cc1cc(C)cc(C(=O)OCC(=O)Nc2cc(C)no2)c1. The molecule has 0 unspecified atom stereocenters. The number of benzene rings is 1. The van der Waals surface area contributed by atoms with Crippen molar-refractivity contribution in [3.05, 3.63) is 46.6 Å². The summed E-state index contributed by atoms with van der Waals surface area (Å²) in [5, 5.41) is 6.08. The largest absolute Gasteiger partial charge is 0.452 e. The van der Waals surface area contributed by atoms with E-state index in [1.165, 1.54) is 0 Å². The van der Waals surface area contributed by atoms with Gasteiger partial charge in [0, 0.05) is 6.07 Å². The van der Waals surface area contributed by atoms with E-state index in [4.69, 9.17) is 9.26 Å². The molecule has 1 aromatic heterocycles. The van der Waals surface area contributed by atoms with Crippen molar-refractivity contribution in [3.8, 4) is 0 Å². The highest BCUT2D eigenvalue weighted by atomic mass is 16.5. The van der Waals surface area contributed by atoms with Crippen LogP contribution in [0.4, 0.5) is 5.88 Å². The predicted molar refractivity (Wildman–Crippen MR) is 76.1 cm³/mol. The lowest BCUT2D eigenvalue weighted by molar-refractivity contribution is -0.119. The van der Waals surface area contributed by atoms with E-state index in [1.807, 2.05) is 19.9 Å². The average Bonchev–Trinajstić information content (AvgIpc) is 2.80. The minimum absolute atomic E-state index is 0.222. The second kappa shape index (κ2) is 6.21. The quantitative estimate of drug-likeness (QED) is 0.874. The van der Waals surface area contributed by atoms with Crippen LogP contribution in [0.3, 0.4) is 0 Å². The lowest BCUT2D eigenvalue weighted by Crippen LogP contribution is -2.20. The maximum atomic E-state index is 11.9. The lowest BCUT2D eigenvalue weighted by Gasteiger charge is -2.06. The summed E-state index contributed by atoms with van der Waals surface area (Å²) in [4.78, 5) is 23.5. The Morgan fingerprint density at radius 2 is 1.81 bits per heavy atom. The molecular formula is C15H16N2O4. The van der Waals surface area contributed by atoms with Crippen LogP contribution < -0.4 is 5.32 Å². The molecule has 0 saturated carbocycles. The monoisotopic (exact) mass is 288 g/mol. The highest BCUT2D eigenvalue weighted by Crippen LogP contribution is 2.11. The maximum absolute atomic E-state index is 11.9. The van der Waals surface area contributed by atoms with Gasteiger partial charge in [0.2, 0.25) is 5.88 Å². The van der Waals surface area contributed by atoms with Gasteiger partial charge < -0.3 is 9.26 Å². The van der Waals surface area contributed by atoms with Crippen LogP contribution in [0.25, 0.3) is 0 Å². The Kier molecular flexibility index (Phi) is 4.37. The van der Waals surface area contributed by atoms with Crippen LogP contribution >= 0.6 is 0 Å². The van der Waals surface area contributed by atoms with Crippen molar-refractivity contribution in [2.75, 3.05) is 11.9 Å². The molecule has 21 heavy (non-hydrogen) atoms. The minimum Gasteiger partial charge on any atom is -0.452 e. The summed E-state index contributed by atoms with van der Waals surface area (Å²) in [7, 11) is 0. The lowest BCUT2D eigenvalue weighted by atomic mass is 10.1.